The van der Waals surface area contributed by atoms with Crippen LogP contribution in [0, 0.1) is 6.92 Å². The third-order valence-electron chi connectivity index (χ3n) is 2.54. The van der Waals surface area contributed by atoms with Gasteiger partial charge in [-0.1, -0.05) is 11.8 Å². The number of carbonyl (C=O) groups is 2. The monoisotopic (exact) mass is 269 g/mol. The number of primary amides is 1. The molecule has 1 aliphatic carbocycles. The minimum absolute atomic E-state index is 0.131. The van der Waals surface area contributed by atoms with E-state index in [1.54, 1.807) is 0 Å². The van der Waals surface area contributed by atoms with Crippen molar-refractivity contribution >= 4 is 23.6 Å². The van der Waals surface area contributed by atoms with Crippen molar-refractivity contribution in [3.05, 3.63) is 5.82 Å². The first kappa shape index (κ1) is 12.9. The maximum absolute atomic E-state index is 11.4. The number of nitrogens with zero attached hydrogens (tertiary/aromatic N) is 3. The molecule has 98 valence electrons. The van der Waals surface area contributed by atoms with E-state index in [4.69, 9.17) is 5.73 Å². The molecule has 1 aromatic heterocycles. The smallest absolute Gasteiger partial charge is 0.236 e. The molecular weight excluding hydrogens is 254 g/mol. The summed E-state index contributed by atoms with van der Waals surface area (Å²) in [5, 5.41) is 11.3. The van der Waals surface area contributed by atoms with Gasteiger partial charge in [0.15, 0.2) is 5.16 Å². The van der Waals surface area contributed by atoms with Gasteiger partial charge in [0.2, 0.25) is 11.8 Å². The van der Waals surface area contributed by atoms with E-state index in [0.717, 1.165) is 23.8 Å². The van der Waals surface area contributed by atoms with Crippen molar-refractivity contribution < 1.29 is 9.59 Å². The molecule has 1 heterocycles. The van der Waals surface area contributed by atoms with Crippen molar-refractivity contribution in [1.82, 2.24) is 20.1 Å². The topological polar surface area (TPSA) is 103 Å². The quantitative estimate of drug-likeness (QED) is 0.685. The molecule has 0 aromatic carbocycles. The van der Waals surface area contributed by atoms with Crippen molar-refractivity contribution in [2.45, 2.75) is 31.0 Å². The zero-order chi connectivity index (χ0) is 13.1. The SMILES string of the molecule is Cc1nnc(SCC(=O)NCC(N)=O)n1C1CC1. The van der Waals surface area contributed by atoms with Gasteiger partial charge in [0, 0.05) is 6.04 Å². The summed E-state index contributed by atoms with van der Waals surface area (Å²) in [4.78, 5) is 21.9. The van der Waals surface area contributed by atoms with E-state index in [-0.39, 0.29) is 18.2 Å². The first-order valence-electron chi connectivity index (χ1n) is 5.67. The number of nitrogens with one attached hydrogen (secondary N) is 1. The van der Waals surface area contributed by atoms with E-state index in [9.17, 15) is 9.59 Å². The van der Waals surface area contributed by atoms with Gasteiger partial charge < -0.3 is 15.6 Å². The van der Waals surface area contributed by atoms with Gasteiger partial charge in [-0.15, -0.1) is 10.2 Å². The molecule has 0 spiro atoms. The minimum atomic E-state index is -0.551. The maximum Gasteiger partial charge on any atom is 0.236 e. The van der Waals surface area contributed by atoms with Gasteiger partial charge in [0.25, 0.3) is 0 Å². The van der Waals surface area contributed by atoms with Crippen LogP contribution < -0.4 is 11.1 Å². The van der Waals surface area contributed by atoms with Gasteiger partial charge in [-0.05, 0) is 19.8 Å². The molecule has 2 rings (SSSR count). The van der Waals surface area contributed by atoms with E-state index in [2.05, 4.69) is 20.1 Å². The van der Waals surface area contributed by atoms with Crippen LogP contribution >= 0.6 is 11.8 Å². The highest BCUT2D eigenvalue weighted by Gasteiger charge is 2.28. The zero-order valence-corrected chi connectivity index (χ0v) is 10.9. The summed E-state index contributed by atoms with van der Waals surface area (Å²) in [7, 11) is 0. The second-order valence-electron chi connectivity index (χ2n) is 4.16. The lowest BCUT2D eigenvalue weighted by Crippen LogP contribution is -2.34. The Morgan fingerprint density at radius 1 is 1.50 bits per heavy atom. The van der Waals surface area contributed by atoms with Crippen LogP contribution in [0.1, 0.15) is 24.7 Å². The summed E-state index contributed by atoms with van der Waals surface area (Å²) in [5.41, 5.74) is 4.94. The Balaban J connectivity index is 1.86. The average molecular weight is 269 g/mol. The molecule has 2 amide bonds. The molecule has 0 radical (unpaired) electrons. The van der Waals surface area contributed by atoms with Gasteiger partial charge in [0.1, 0.15) is 5.82 Å². The largest absolute Gasteiger partial charge is 0.368 e. The Kier molecular flexibility index (Phi) is 3.85. The first-order valence-corrected chi connectivity index (χ1v) is 6.66. The average Bonchev–Trinajstić information content (AvgIpc) is 3.08. The molecular formula is C10H15N5O2S. The van der Waals surface area contributed by atoms with Crippen molar-refractivity contribution in [2.24, 2.45) is 5.73 Å². The molecule has 1 fully saturated rings. The lowest BCUT2D eigenvalue weighted by atomic mass is 10.6. The van der Waals surface area contributed by atoms with Crippen LogP contribution in [0.15, 0.2) is 5.16 Å². The molecule has 1 aromatic rings. The second-order valence-corrected chi connectivity index (χ2v) is 5.11. The molecule has 0 bridgehead atoms. The minimum Gasteiger partial charge on any atom is -0.368 e. The Labute approximate surface area is 109 Å². The van der Waals surface area contributed by atoms with Gasteiger partial charge in [-0.3, -0.25) is 9.59 Å². The van der Waals surface area contributed by atoms with Crippen LogP contribution in [0.2, 0.25) is 0 Å². The Bertz CT molecular complexity index is 469. The van der Waals surface area contributed by atoms with Crippen LogP contribution in [-0.4, -0.2) is 38.9 Å². The van der Waals surface area contributed by atoms with Crippen LogP contribution in [0.25, 0.3) is 0 Å². The number of aryl methyl sites for hydroxylation is 1. The van der Waals surface area contributed by atoms with Crippen LogP contribution in [0.3, 0.4) is 0 Å². The summed E-state index contributed by atoms with van der Waals surface area (Å²) in [6, 6.07) is 0.483. The second kappa shape index (κ2) is 5.38. The van der Waals surface area contributed by atoms with Crippen molar-refractivity contribution in [3.8, 4) is 0 Å². The third-order valence-corrected chi connectivity index (χ3v) is 3.48. The summed E-state index contributed by atoms with van der Waals surface area (Å²) < 4.78 is 2.06. The molecule has 8 heteroatoms. The molecule has 1 aliphatic rings. The van der Waals surface area contributed by atoms with Crippen LogP contribution in [0.5, 0.6) is 0 Å². The molecule has 1 saturated carbocycles. The predicted molar refractivity (Wildman–Crippen MR) is 66.0 cm³/mol. The fourth-order valence-electron chi connectivity index (χ4n) is 1.57. The summed E-state index contributed by atoms with van der Waals surface area (Å²) in [5.74, 6) is 0.294. The number of nitrogens with two attached hydrogens (primary N) is 1. The highest BCUT2D eigenvalue weighted by molar-refractivity contribution is 7.99. The molecule has 7 nitrogen and oxygen atoms in total. The van der Waals surface area contributed by atoms with Crippen molar-refractivity contribution in [1.29, 1.82) is 0 Å². The molecule has 0 saturated heterocycles. The molecule has 3 N–H and O–H groups in total. The van der Waals surface area contributed by atoms with E-state index < -0.39 is 5.91 Å². The predicted octanol–water partition coefficient (Wildman–Crippen LogP) is -0.385. The lowest BCUT2D eigenvalue weighted by Gasteiger charge is -2.06. The fraction of sp³-hybridized carbons (Fsp3) is 0.600. The van der Waals surface area contributed by atoms with Crippen LogP contribution in [0.4, 0.5) is 0 Å². The number of hydrogen-bond acceptors (Lipinski definition) is 5. The first-order chi connectivity index (χ1) is 8.58. The highest BCUT2D eigenvalue weighted by Crippen LogP contribution is 2.38. The number of thioether (sulfide) groups is 1. The van der Waals surface area contributed by atoms with E-state index >= 15 is 0 Å². The molecule has 18 heavy (non-hydrogen) atoms. The van der Waals surface area contributed by atoms with Crippen LogP contribution in [-0.2, 0) is 9.59 Å². The van der Waals surface area contributed by atoms with Crippen molar-refractivity contribution in [2.75, 3.05) is 12.3 Å². The van der Waals surface area contributed by atoms with E-state index in [0.29, 0.717) is 6.04 Å². The summed E-state index contributed by atoms with van der Waals surface area (Å²) >= 11 is 1.32. The zero-order valence-electron chi connectivity index (χ0n) is 10.0. The number of amides is 2. The van der Waals surface area contributed by atoms with E-state index in [1.807, 2.05) is 6.92 Å². The standard InChI is InChI=1S/C10H15N5O2S/c1-6-13-14-10(15(6)7-2-3-7)18-5-9(17)12-4-8(11)16/h7H,2-5H2,1H3,(H2,11,16)(H,12,17). The van der Waals surface area contributed by atoms with Gasteiger partial charge in [-0.25, -0.2) is 0 Å². The van der Waals surface area contributed by atoms with Gasteiger partial charge in [-0.2, -0.15) is 0 Å². The molecule has 0 aliphatic heterocycles. The summed E-state index contributed by atoms with van der Waals surface area (Å²) in [6.07, 6.45) is 2.28. The number of rotatable bonds is 6. The van der Waals surface area contributed by atoms with Gasteiger partial charge in [0.05, 0.1) is 12.3 Å². The number of carbonyl (C=O) groups excluding carboxylic acids is 2. The normalized spacial score (nSPS) is 14.5. The van der Waals surface area contributed by atoms with Gasteiger partial charge >= 0.3 is 0 Å². The lowest BCUT2D eigenvalue weighted by molar-refractivity contribution is -0.123. The third kappa shape index (κ3) is 3.22. The fourth-order valence-corrected chi connectivity index (χ4v) is 2.45. The van der Waals surface area contributed by atoms with Crippen molar-refractivity contribution in [3.63, 3.8) is 0 Å². The Morgan fingerprint density at radius 3 is 2.83 bits per heavy atom. The molecule has 0 atom stereocenters. The number of hydrogen-bond donors (Lipinski definition) is 2. The number of aromatic nitrogens is 3. The Morgan fingerprint density at radius 2 is 2.22 bits per heavy atom. The maximum atomic E-state index is 11.4. The van der Waals surface area contributed by atoms with E-state index in [1.165, 1.54) is 11.8 Å². The summed E-state index contributed by atoms with van der Waals surface area (Å²) in [6.45, 7) is 1.77. The molecule has 0 unspecified atom stereocenters. The Hall–Kier alpha value is -1.57. The highest BCUT2D eigenvalue weighted by atomic mass is 32.2.